The summed E-state index contributed by atoms with van der Waals surface area (Å²) in [6.07, 6.45) is 5.11. The maximum atomic E-state index is 12.4. The fourth-order valence-electron chi connectivity index (χ4n) is 1.07. The average Bonchev–Trinajstić information content (AvgIpc) is 1.88. The van der Waals surface area contributed by atoms with Crippen molar-refractivity contribution in [3.8, 4) is 12.3 Å². The Morgan fingerprint density at radius 3 is 2.36 bits per heavy atom. The van der Waals surface area contributed by atoms with Crippen molar-refractivity contribution < 1.29 is 4.39 Å². The summed E-state index contributed by atoms with van der Waals surface area (Å²) in [6, 6.07) is -0.0361. The van der Waals surface area contributed by atoms with Crippen LogP contribution in [0.15, 0.2) is 0 Å². The van der Waals surface area contributed by atoms with Gasteiger partial charge in [0.2, 0.25) is 0 Å². The molecule has 0 saturated carbocycles. The fourth-order valence-corrected chi connectivity index (χ4v) is 1.07. The first-order chi connectivity index (χ1) is 5.13. The molecule has 0 aliphatic heterocycles. The average molecular weight is 156 g/mol. The predicted molar refractivity (Wildman–Crippen MR) is 46.1 cm³/mol. The Bertz CT molecular complexity index is 137. The number of alkyl halides is 1. The molecule has 0 spiro atoms. The van der Waals surface area contributed by atoms with E-state index in [1.54, 1.807) is 0 Å². The van der Waals surface area contributed by atoms with E-state index in [2.05, 4.69) is 5.92 Å². The highest BCUT2D eigenvalue weighted by Crippen LogP contribution is 2.08. The van der Waals surface area contributed by atoms with Crippen molar-refractivity contribution in [3.05, 3.63) is 0 Å². The van der Waals surface area contributed by atoms with Gasteiger partial charge in [0.15, 0.2) is 0 Å². The second kappa shape index (κ2) is 5.15. The Balaban J connectivity index is 3.93. The number of rotatable bonds is 4. The van der Waals surface area contributed by atoms with Gasteiger partial charge in [-0.2, -0.15) is 0 Å². The maximum absolute atomic E-state index is 12.4. The Hall–Kier alpha value is -0.550. The van der Waals surface area contributed by atoms with Gasteiger partial charge in [0.1, 0.15) is 6.67 Å². The lowest BCUT2D eigenvalue weighted by molar-refractivity contribution is 0.174. The molecular weight excluding hydrogens is 140 g/mol. The molecule has 11 heavy (non-hydrogen) atoms. The molecule has 0 N–H and O–H groups in total. The standard InChI is InChI=1S/C9H16FN/c1-5-6-11(4)9(7-10)8(2)3/h1,8-9H,6-7H2,2-4H3/i10-1. The molecule has 0 fully saturated rings. The molecule has 0 bridgehead atoms. The molecule has 1 nitrogen and oxygen atoms in total. The first-order valence-corrected chi connectivity index (χ1v) is 3.83. The zero-order chi connectivity index (χ0) is 8.85. The van der Waals surface area contributed by atoms with E-state index < -0.39 is 0 Å². The molecule has 0 saturated heterocycles. The van der Waals surface area contributed by atoms with Gasteiger partial charge in [0, 0.05) is 6.04 Å². The maximum Gasteiger partial charge on any atom is 0.105 e. The lowest BCUT2D eigenvalue weighted by Gasteiger charge is -2.26. The van der Waals surface area contributed by atoms with E-state index in [-0.39, 0.29) is 12.7 Å². The second-order valence-electron chi connectivity index (χ2n) is 3.08. The molecule has 0 aliphatic rings. The molecule has 2 heteroatoms. The van der Waals surface area contributed by atoms with E-state index in [9.17, 15) is 4.39 Å². The third-order valence-corrected chi connectivity index (χ3v) is 1.83. The Morgan fingerprint density at radius 1 is 1.55 bits per heavy atom. The minimum atomic E-state index is -0.324. The molecule has 0 aromatic heterocycles. The summed E-state index contributed by atoms with van der Waals surface area (Å²) >= 11 is 0. The van der Waals surface area contributed by atoms with Crippen molar-refractivity contribution in [2.75, 3.05) is 20.3 Å². The van der Waals surface area contributed by atoms with E-state index in [1.165, 1.54) is 0 Å². The number of hydrogen-bond donors (Lipinski definition) is 0. The van der Waals surface area contributed by atoms with Crippen molar-refractivity contribution in [2.24, 2.45) is 5.92 Å². The van der Waals surface area contributed by atoms with Gasteiger partial charge in [-0.15, -0.1) is 6.42 Å². The van der Waals surface area contributed by atoms with E-state index >= 15 is 0 Å². The van der Waals surface area contributed by atoms with E-state index in [0.717, 1.165) is 0 Å². The summed E-state index contributed by atoms with van der Waals surface area (Å²) < 4.78 is 12.4. The normalized spacial score (nSPS) is 13.5. The minimum Gasteiger partial charge on any atom is -0.290 e. The third kappa shape index (κ3) is 3.38. The zero-order valence-electron chi connectivity index (χ0n) is 7.47. The third-order valence-electron chi connectivity index (χ3n) is 1.83. The Morgan fingerprint density at radius 2 is 2.09 bits per heavy atom. The first kappa shape index (κ1) is 10.4. The molecule has 1 atom stereocenters. The summed E-state index contributed by atoms with van der Waals surface area (Å²) in [5.74, 6) is 2.81. The van der Waals surface area contributed by atoms with E-state index in [4.69, 9.17) is 6.42 Å². The first-order valence-electron chi connectivity index (χ1n) is 3.83. The van der Waals surface area contributed by atoms with Crippen molar-refractivity contribution in [1.82, 2.24) is 4.90 Å². The molecule has 0 aromatic carbocycles. The molecular formula is C9H16FN. The van der Waals surface area contributed by atoms with Gasteiger partial charge in [0.25, 0.3) is 0 Å². The van der Waals surface area contributed by atoms with Gasteiger partial charge in [0.05, 0.1) is 6.54 Å². The second-order valence-corrected chi connectivity index (χ2v) is 3.08. The van der Waals surface area contributed by atoms with Crippen molar-refractivity contribution in [3.63, 3.8) is 0 Å². The summed E-state index contributed by atoms with van der Waals surface area (Å²) in [6.45, 7) is 4.19. The fraction of sp³-hybridized carbons (Fsp3) is 0.778. The topological polar surface area (TPSA) is 3.24 Å². The molecule has 1 unspecified atom stereocenters. The predicted octanol–water partition coefficient (Wildman–Crippen LogP) is 1.55. The van der Waals surface area contributed by atoms with Crippen molar-refractivity contribution in [1.29, 1.82) is 0 Å². The quantitative estimate of drug-likeness (QED) is 0.558. The molecule has 0 heterocycles. The molecule has 0 radical (unpaired) electrons. The highest BCUT2D eigenvalue weighted by atomic mass is 18.2. The van der Waals surface area contributed by atoms with Crippen LogP contribution in [0, 0.1) is 18.3 Å². The van der Waals surface area contributed by atoms with Crippen LogP contribution in [-0.4, -0.2) is 31.2 Å². The van der Waals surface area contributed by atoms with Gasteiger partial charge in [-0.3, -0.25) is 4.90 Å². The summed E-state index contributed by atoms with van der Waals surface area (Å²) in [5, 5.41) is 0. The van der Waals surface area contributed by atoms with Gasteiger partial charge in [-0.05, 0) is 13.0 Å². The lowest BCUT2D eigenvalue weighted by atomic mass is 10.0. The van der Waals surface area contributed by atoms with Gasteiger partial charge >= 0.3 is 0 Å². The van der Waals surface area contributed by atoms with Crippen LogP contribution in [0.2, 0.25) is 0 Å². The minimum absolute atomic E-state index is 0.0361. The van der Waals surface area contributed by atoms with Gasteiger partial charge in [-0.1, -0.05) is 19.8 Å². The van der Waals surface area contributed by atoms with Gasteiger partial charge < -0.3 is 0 Å². The Kier molecular flexibility index (Phi) is 4.89. The van der Waals surface area contributed by atoms with Crippen LogP contribution in [0.25, 0.3) is 0 Å². The highest BCUT2D eigenvalue weighted by Gasteiger charge is 2.16. The summed E-state index contributed by atoms with van der Waals surface area (Å²) in [5.41, 5.74) is 0. The van der Waals surface area contributed by atoms with E-state index in [1.807, 2.05) is 25.8 Å². The number of hydrogen-bond acceptors (Lipinski definition) is 1. The lowest BCUT2D eigenvalue weighted by Crippen LogP contribution is -2.37. The van der Waals surface area contributed by atoms with E-state index in [0.29, 0.717) is 12.5 Å². The van der Waals surface area contributed by atoms with Gasteiger partial charge in [-0.25, -0.2) is 4.39 Å². The van der Waals surface area contributed by atoms with Crippen molar-refractivity contribution in [2.45, 2.75) is 19.9 Å². The highest BCUT2D eigenvalue weighted by molar-refractivity contribution is 4.89. The molecule has 0 rings (SSSR count). The Labute approximate surface area is 68.6 Å². The number of halogens is 1. The summed E-state index contributed by atoms with van der Waals surface area (Å²) in [4.78, 5) is 1.87. The van der Waals surface area contributed by atoms with Crippen LogP contribution < -0.4 is 0 Å². The zero-order valence-corrected chi connectivity index (χ0v) is 7.47. The molecule has 0 aromatic rings. The molecule has 64 valence electrons. The summed E-state index contributed by atoms with van der Waals surface area (Å²) in [7, 11) is 1.85. The van der Waals surface area contributed by atoms with Crippen LogP contribution >= 0.6 is 0 Å². The number of nitrogens with zero attached hydrogens (tertiary/aromatic N) is 1. The van der Waals surface area contributed by atoms with Crippen LogP contribution in [0.4, 0.5) is 4.39 Å². The monoisotopic (exact) mass is 156 g/mol. The van der Waals surface area contributed by atoms with Crippen LogP contribution in [0.3, 0.4) is 0 Å². The van der Waals surface area contributed by atoms with Crippen molar-refractivity contribution >= 4 is 0 Å². The molecule has 0 aliphatic carbocycles. The smallest absolute Gasteiger partial charge is 0.105 e. The van der Waals surface area contributed by atoms with Crippen LogP contribution in [0.1, 0.15) is 13.8 Å². The largest absolute Gasteiger partial charge is 0.290 e. The number of terminal acetylenes is 1. The SMILES string of the molecule is C#CCN(C)C(C[18F])C(C)C. The van der Waals surface area contributed by atoms with Crippen LogP contribution in [-0.2, 0) is 0 Å². The van der Waals surface area contributed by atoms with Crippen LogP contribution in [0.5, 0.6) is 0 Å². The molecule has 0 amide bonds.